The summed E-state index contributed by atoms with van der Waals surface area (Å²) in [6, 6.07) is 8.91. The Labute approximate surface area is 118 Å². The fourth-order valence-electron chi connectivity index (χ4n) is 1.89. The number of hydrogen-bond acceptors (Lipinski definition) is 4. The van der Waals surface area contributed by atoms with Gasteiger partial charge in [-0.1, -0.05) is 24.3 Å². The van der Waals surface area contributed by atoms with Crippen molar-refractivity contribution in [3.8, 4) is 0 Å². The molecule has 1 aromatic carbocycles. The molecule has 20 heavy (non-hydrogen) atoms. The number of nitrogens with zero attached hydrogens (tertiary/aromatic N) is 1. The minimum Gasteiger partial charge on any atom is -0.326 e. The molecule has 0 bridgehead atoms. The number of aromatic nitrogens is 1. The molecular formula is C14H17N3O2S. The molecule has 0 saturated heterocycles. The van der Waals surface area contributed by atoms with Crippen LogP contribution in [0.4, 0.5) is 5.69 Å². The molecule has 2 rings (SSSR count). The lowest BCUT2D eigenvalue weighted by molar-refractivity contribution is 0.600. The van der Waals surface area contributed by atoms with Crippen LogP contribution in [0, 0.1) is 6.92 Å². The third kappa shape index (κ3) is 3.55. The number of rotatable bonds is 5. The summed E-state index contributed by atoms with van der Waals surface area (Å²) in [5.41, 5.74) is 8.50. The van der Waals surface area contributed by atoms with Gasteiger partial charge in [0.05, 0.1) is 11.4 Å². The van der Waals surface area contributed by atoms with Crippen LogP contribution in [0.3, 0.4) is 0 Å². The van der Waals surface area contributed by atoms with E-state index in [-0.39, 0.29) is 5.75 Å². The molecule has 0 saturated carbocycles. The van der Waals surface area contributed by atoms with Crippen molar-refractivity contribution < 1.29 is 8.42 Å². The zero-order valence-corrected chi connectivity index (χ0v) is 12.0. The summed E-state index contributed by atoms with van der Waals surface area (Å²) in [4.78, 5) is 3.93. The van der Waals surface area contributed by atoms with Crippen LogP contribution in [0.5, 0.6) is 0 Å². The van der Waals surface area contributed by atoms with Gasteiger partial charge < -0.3 is 5.73 Å². The Bertz CT molecular complexity index is 699. The van der Waals surface area contributed by atoms with Gasteiger partial charge in [0, 0.05) is 18.9 Å². The van der Waals surface area contributed by atoms with Crippen LogP contribution in [-0.4, -0.2) is 13.4 Å². The Morgan fingerprint density at radius 3 is 2.55 bits per heavy atom. The normalized spacial score (nSPS) is 11.3. The highest BCUT2D eigenvalue weighted by molar-refractivity contribution is 7.91. The second-order valence-corrected chi connectivity index (χ2v) is 6.25. The molecule has 0 radical (unpaired) electrons. The number of nitrogens with one attached hydrogen (secondary N) is 1. The van der Waals surface area contributed by atoms with E-state index < -0.39 is 10.0 Å². The lowest BCUT2D eigenvalue weighted by Gasteiger charge is -2.12. The van der Waals surface area contributed by atoms with Crippen molar-refractivity contribution in [2.45, 2.75) is 19.2 Å². The summed E-state index contributed by atoms with van der Waals surface area (Å²) in [6.07, 6.45) is 3.17. The van der Waals surface area contributed by atoms with Crippen molar-refractivity contribution in [3.63, 3.8) is 0 Å². The number of nitrogens with two attached hydrogens (primary N) is 1. The molecule has 106 valence electrons. The van der Waals surface area contributed by atoms with E-state index in [1.165, 1.54) is 0 Å². The lowest BCUT2D eigenvalue weighted by Crippen LogP contribution is -2.17. The van der Waals surface area contributed by atoms with Crippen LogP contribution in [0.15, 0.2) is 42.7 Å². The van der Waals surface area contributed by atoms with Gasteiger partial charge in [0.2, 0.25) is 10.0 Å². The lowest BCUT2D eigenvalue weighted by atomic mass is 10.1. The maximum Gasteiger partial charge on any atom is 0.236 e. The van der Waals surface area contributed by atoms with Crippen LogP contribution in [-0.2, 0) is 22.3 Å². The number of benzene rings is 1. The Kier molecular flexibility index (Phi) is 4.36. The first-order valence-corrected chi connectivity index (χ1v) is 7.85. The molecule has 0 amide bonds. The van der Waals surface area contributed by atoms with Gasteiger partial charge in [-0.3, -0.25) is 9.71 Å². The quantitative estimate of drug-likeness (QED) is 0.879. The van der Waals surface area contributed by atoms with E-state index in [0.29, 0.717) is 17.8 Å². The van der Waals surface area contributed by atoms with Gasteiger partial charge in [-0.15, -0.1) is 0 Å². The van der Waals surface area contributed by atoms with Crippen molar-refractivity contribution in [2.75, 3.05) is 4.72 Å². The van der Waals surface area contributed by atoms with Crippen LogP contribution in [0.25, 0.3) is 0 Å². The van der Waals surface area contributed by atoms with E-state index >= 15 is 0 Å². The summed E-state index contributed by atoms with van der Waals surface area (Å²) in [5, 5.41) is 0. The molecular weight excluding hydrogens is 274 g/mol. The summed E-state index contributed by atoms with van der Waals surface area (Å²) in [6.45, 7) is 2.12. The fourth-order valence-corrected chi connectivity index (χ4v) is 3.22. The Morgan fingerprint density at radius 1 is 1.20 bits per heavy atom. The monoisotopic (exact) mass is 291 g/mol. The summed E-state index contributed by atoms with van der Waals surface area (Å²) < 4.78 is 27.0. The maximum atomic E-state index is 12.2. The minimum atomic E-state index is -3.48. The number of hydrogen-bond donors (Lipinski definition) is 2. The molecule has 0 unspecified atom stereocenters. The predicted octanol–water partition coefficient (Wildman–Crippen LogP) is 1.79. The number of aryl methyl sites for hydroxylation is 1. The number of sulfonamides is 1. The van der Waals surface area contributed by atoms with Crippen molar-refractivity contribution >= 4 is 15.7 Å². The van der Waals surface area contributed by atoms with E-state index in [1.807, 2.05) is 18.2 Å². The SMILES string of the molecule is Cc1cnccc1NS(=O)(=O)Cc1ccccc1CN. The third-order valence-electron chi connectivity index (χ3n) is 2.97. The van der Waals surface area contributed by atoms with E-state index in [0.717, 1.165) is 11.1 Å². The molecule has 0 atom stereocenters. The molecule has 1 aromatic heterocycles. The van der Waals surface area contributed by atoms with Gasteiger partial charge in [0.1, 0.15) is 0 Å². The van der Waals surface area contributed by atoms with Gasteiger partial charge in [-0.2, -0.15) is 0 Å². The molecule has 0 fully saturated rings. The zero-order chi connectivity index (χ0) is 14.6. The molecule has 0 spiro atoms. The summed E-state index contributed by atoms with van der Waals surface area (Å²) >= 11 is 0. The van der Waals surface area contributed by atoms with Crippen LogP contribution in [0.2, 0.25) is 0 Å². The van der Waals surface area contributed by atoms with Gasteiger partial charge in [-0.05, 0) is 29.7 Å². The first-order chi connectivity index (χ1) is 9.52. The second kappa shape index (κ2) is 6.02. The van der Waals surface area contributed by atoms with Crippen molar-refractivity contribution in [3.05, 3.63) is 59.4 Å². The molecule has 3 N–H and O–H groups in total. The topological polar surface area (TPSA) is 85.1 Å². The van der Waals surface area contributed by atoms with Gasteiger partial charge in [0.25, 0.3) is 0 Å². The predicted molar refractivity (Wildman–Crippen MR) is 79.6 cm³/mol. The fraction of sp³-hybridized carbons (Fsp3) is 0.214. The molecule has 1 heterocycles. The minimum absolute atomic E-state index is 0.0951. The van der Waals surface area contributed by atoms with E-state index in [2.05, 4.69) is 9.71 Å². The van der Waals surface area contributed by atoms with Crippen LogP contribution >= 0.6 is 0 Å². The summed E-state index contributed by atoms with van der Waals surface area (Å²) in [7, 11) is -3.48. The largest absolute Gasteiger partial charge is 0.326 e. The van der Waals surface area contributed by atoms with Crippen LogP contribution in [0.1, 0.15) is 16.7 Å². The molecule has 2 aromatic rings. The maximum absolute atomic E-state index is 12.2. The van der Waals surface area contributed by atoms with E-state index in [9.17, 15) is 8.42 Å². The summed E-state index contributed by atoms with van der Waals surface area (Å²) in [5.74, 6) is -0.0951. The molecule has 0 aliphatic rings. The Hall–Kier alpha value is -1.92. The Morgan fingerprint density at radius 2 is 1.90 bits per heavy atom. The number of anilines is 1. The average molecular weight is 291 g/mol. The second-order valence-electron chi connectivity index (χ2n) is 4.52. The molecule has 6 heteroatoms. The first-order valence-electron chi connectivity index (χ1n) is 6.20. The number of pyridine rings is 1. The van der Waals surface area contributed by atoms with Gasteiger partial charge >= 0.3 is 0 Å². The highest BCUT2D eigenvalue weighted by atomic mass is 32.2. The molecule has 0 aliphatic carbocycles. The highest BCUT2D eigenvalue weighted by Crippen LogP contribution is 2.17. The van der Waals surface area contributed by atoms with Crippen molar-refractivity contribution in [2.24, 2.45) is 5.73 Å². The third-order valence-corrected chi connectivity index (χ3v) is 4.19. The zero-order valence-electron chi connectivity index (χ0n) is 11.2. The highest BCUT2D eigenvalue weighted by Gasteiger charge is 2.14. The smallest absolute Gasteiger partial charge is 0.236 e. The van der Waals surface area contributed by atoms with Gasteiger partial charge in [0.15, 0.2) is 0 Å². The first kappa shape index (κ1) is 14.5. The molecule has 0 aliphatic heterocycles. The van der Waals surface area contributed by atoms with Crippen LogP contribution < -0.4 is 10.5 Å². The van der Waals surface area contributed by atoms with E-state index in [1.54, 1.807) is 31.5 Å². The van der Waals surface area contributed by atoms with Crippen molar-refractivity contribution in [1.82, 2.24) is 4.98 Å². The van der Waals surface area contributed by atoms with Crippen molar-refractivity contribution in [1.29, 1.82) is 0 Å². The van der Waals surface area contributed by atoms with Gasteiger partial charge in [-0.25, -0.2) is 8.42 Å². The average Bonchev–Trinajstić information content (AvgIpc) is 2.41. The standard InChI is InChI=1S/C14H17N3O2S/c1-11-9-16-7-6-14(11)17-20(18,19)10-13-5-3-2-4-12(13)8-15/h2-7,9H,8,10,15H2,1H3,(H,16,17). The van der Waals surface area contributed by atoms with E-state index in [4.69, 9.17) is 5.73 Å². The Balaban J connectivity index is 2.22. The molecule has 5 nitrogen and oxygen atoms in total.